The number of anilines is 2. The molecule has 0 aromatic carbocycles. The maximum atomic E-state index is 4.88. The topological polar surface area (TPSA) is 75.0 Å². The monoisotopic (exact) mass is 384 g/mol. The van der Waals surface area contributed by atoms with Crippen LogP contribution in [0.25, 0.3) is 0 Å². The first-order valence-corrected chi connectivity index (χ1v) is 10.7. The van der Waals surface area contributed by atoms with Crippen LogP contribution in [0.5, 0.6) is 0 Å². The molecule has 1 N–H and O–H groups in total. The van der Waals surface area contributed by atoms with Crippen LogP contribution in [0.3, 0.4) is 0 Å². The van der Waals surface area contributed by atoms with E-state index in [0.29, 0.717) is 6.04 Å². The van der Waals surface area contributed by atoms with E-state index in [9.17, 15) is 0 Å². The van der Waals surface area contributed by atoms with Gasteiger partial charge in [-0.2, -0.15) is 4.98 Å². The fourth-order valence-corrected chi connectivity index (χ4v) is 4.19. The highest BCUT2D eigenvalue weighted by Crippen LogP contribution is 2.23. The Morgan fingerprint density at radius 3 is 2.61 bits per heavy atom. The Labute approximate surface area is 167 Å². The van der Waals surface area contributed by atoms with Gasteiger partial charge in [0, 0.05) is 63.5 Å². The van der Waals surface area contributed by atoms with Gasteiger partial charge in [-0.1, -0.05) is 0 Å². The van der Waals surface area contributed by atoms with Gasteiger partial charge < -0.3 is 19.7 Å². The minimum absolute atomic E-state index is 0.565. The maximum absolute atomic E-state index is 4.88. The first-order chi connectivity index (χ1) is 13.7. The minimum Gasteiger partial charge on any atom is -0.356 e. The number of piperidine rings is 1. The largest absolute Gasteiger partial charge is 0.356 e. The van der Waals surface area contributed by atoms with E-state index < -0.39 is 0 Å². The van der Waals surface area contributed by atoms with Gasteiger partial charge in [-0.3, -0.25) is 0 Å². The predicted octanol–water partition coefficient (Wildman–Crippen LogP) is 1.80. The summed E-state index contributed by atoms with van der Waals surface area (Å²) in [4.78, 5) is 14.3. The van der Waals surface area contributed by atoms with Crippen LogP contribution in [0.15, 0.2) is 12.4 Å². The SMILES string of the molecule is CCn1cnnc1CCNC1CCN(c2cc(C)nc(N3CCCC3)n2)CC1. The van der Waals surface area contributed by atoms with Crippen LogP contribution in [0, 0.1) is 6.92 Å². The summed E-state index contributed by atoms with van der Waals surface area (Å²) >= 11 is 0. The molecule has 0 radical (unpaired) electrons. The molecule has 0 atom stereocenters. The Morgan fingerprint density at radius 1 is 1.07 bits per heavy atom. The summed E-state index contributed by atoms with van der Waals surface area (Å²) in [6.07, 6.45) is 7.52. The quantitative estimate of drug-likeness (QED) is 0.780. The zero-order valence-electron chi connectivity index (χ0n) is 17.1. The highest BCUT2D eigenvalue weighted by molar-refractivity contribution is 5.46. The van der Waals surface area contributed by atoms with Crippen LogP contribution in [0.4, 0.5) is 11.8 Å². The number of hydrogen-bond donors (Lipinski definition) is 1. The lowest BCUT2D eigenvalue weighted by Crippen LogP contribution is -2.43. The second-order valence-electron chi connectivity index (χ2n) is 7.86. The molecule has 2 fully saturated rings. The average molecular weight is 385 g/mol. The standard InChI is InChI=1S/C20H32N8/c1-3-26-15-22-25-18(26)6-9-21-17-7-12-27(13-8-17)19-14-16(2)23-20(24-19)28-10-4-5-11-28/h14-15,17,21H,3-13H2,1-2H3. The van der Waals surface area contributed by atoms with E-state index >= 15 is 0 Å². The third-order valence-corrected chi connectivity index (χ3v) is 5.85. The average Bonchev–Trinajstić information content (AvgIpc) is 3.40. The molecule has 0 bridgehead atoms. The van der Waals surface area contributed by atoms with Crippen molar-refractivity contribution in [2.75, 3.05) is 42.5 Å². The van der Waals surface area contributed by atoms with Crippen molar-refractivity contribution in [1.82, 2.24) is 30.0 Å². The lowest BCUT2D eigenvalue weighted by molar-refractivity contribution is 0.413. The molecule has 0 spiro atoms. The maximum Gasteiger partial charge on any atom is 0.227 e. The van der Waals surface area contributed by atoms with Crippen molar-refractivity contribution >= 4 is 11.8 Å². The van der Waals surface area contributed by atoms with Crippen molar-refractivity contribution in [2.24, 2.45) is 0 Å². The van der Waals surface area contributed by atoms with Crippen LogP contribution < -0.4 is 15.1 Å². The molecule has 0 amide bonds. The van der Waals surface area contributed by atoms with Gasteiger partial charge in [-0.25, -0.2) is 4.98 Å². The fraction of sp³-hybridized carbons (Fsp3) is 0.700. The van der Waals surface area contributed by atoms with Gasteiger partial charge in [-0.05, 0) is 39.5 Å². The minimum atomic E-state index is 0.565. The first-order valence-electron chi connectivity index (χ1n) is 10.7. The van der Waals surface area contributed by atoms with E-state index in [1.807, 2.05) is 6.33 Å². The summed E-state index contributed by atoms with van der Waals surface area (Å²) in [5.41, 5.74) is 1.06. The summed E-state index contributed by atoms with van der Waals surface area (Å²) in [6, 6.07) is 2.69. The third-order valence-electron chi connectivity index (χ3n) is 5.85. The van der Waals surface area contributed by atoms with Gasteiger partial charge >= 0.3 is 0 Å². The van der Waals surface area contributed by atoms with E-state index in [1.54, 1.807) is 0 Å². The summed E-state index contributed by atoms with van der Waals surface area (Å²) < 4.78 is 2.11. The van der Waals surface area contributed by atoms with Crippen LogP contribution in [0.2, 0.25) is 0 Å². The zero-order chi connectivity index (χ0) is 19.3. The second-order valence-corrected chi connectivity index (χ2v) is 7.86. The van der Waals surface area contributed by atoms with Gasteiger partial charge in [0.15, 0.2) is 0 Å². The van der Waals surface area contributed by atoms with Crippen LogP contribution in [-0.2, 0) is 13.0 Å². The molecule has 2 saturated heterocycles. The van der Waals surface area contributed by atoms with Crippen molar-refractivity contribution in [3.63, 3.8) is 0 Å². The summed E-state index contributed by atoms with van der Waals surface area (Å²) in [6.45, 7) is 10.3. The fourth-order valence-electron chi connectivity index (χ4n) is 4.19. The van der Waals surface area contributed by atoms with Crippen molar-refractivity contribution in [1.29, 1.82) is 0 Å². The molecule has 4 heterocycles. The number of hydrogen-bond acceptors (Lipinski definition) is 7. The number of rotatable bonds is 7. The lowest BCUT2D eigenvalue weighted by Gasteiger charge is -2.33. The van der Waals surface area contributed by atoms with Gasteiger partial charge in [0.25, 0.3) is 0 Å². The van der Waals surface area contributed by atoms with E-state index in [0.717, 1.165) is 81.8 Å². The molecule has 2 aliphatic heterocycles. The summed E-state index contributed by atoms with van der Waals surface area (Å²) in [5.74, 6) is 3.06. The summed E-state index contributed by atoms with van der Waals surface area (Å²) in [5, 5.41) is 11.9. The number of nitrogens with one attached hydrogen (secondary N) is 1. The highest BCUT2D eigenvalue weighted by atomic mass is 15.3. The van der Waals surface area contributed by atoms with E-state index in [-0.39, 0.29) is 0 Å². The van der Waals surface area contributed by atoms with Crippen molar-refractivity contribution in [2.45, 2.75) is 58.5 Å². The Balaban J connectivity index is 1.28. The van der Waals surface area contributed by atoms with E-state index in [2.05, 4.69) is 54.8 Å². The smallest absolute Gasteiger partial charge is 0.227 e. The molecule has 2 aromatic heterocycles. The van der Waals surface area contributed by atoms with Gasteiger partial charge in [0.1, 0.15) is 18.0 Å². The highest BCUT2D eigenvalue weighted by Gasteiger charge is 2.22. The molecule has 0 saturated carbocycles. The molecule has 28 heavy (non-hydrogen) atoms. The van der Waals surface area contributed by atoms with Crippen molar-refractivity contribution < 1.29 is 0 Å². The van der Waals surface area contributed by atoms with Crippen molar-refractivity contribution in [3.05, 3.63) is 23.9 Å². The van der Waals surface area contributed by atoms with Gasteiger partial charge in [0.2, 0.25) is 5.95 Å². The van der Waals surface area contributed by atoms with E-state index in [4.69, 9.17) is 4.98 Å². The Bertz CT molecular complexity index is 759. The molecule has 4 rings (SSSR count). The summed E-state index contributed by atoms with van der Waals surface area (Å²) in [7, 11) is 0. The molecule has 0 unspecified atom stereocenters. The van der Waals surface area contributed by atoms with Crippen LogP contribution >= 0.6 is 0 Å². The van der Waals surface area contributed by atoms with Gasteiger partial charge in [0.05, 0.1) is 0 Å². The number of aryl methyl sites for hydroxylation is 2. The Morgan fingerprint density at radius 2 is 1.86 bits per heavy atom. The second kappa shape index (κ2) is 8.86. The number of nitrogens with zero attached hydrogens (tertiary/aromatic N) is 7. The molecular weight excluding hydrogens is 352 g/mol. The molecule has 152 valence electrons. The third kappa shape index (κ3) is 4.43. The lowest BCUT2D eigenvalue weighted by atomic mass is 10.0. The zero-order valence-corrected chi connectivity index (χ0v) is 17.1. The molecule has 8 heteroatoms. The molecular formula is C20H32N8. The van der Waals surface area contributed by atoms with Gasteiger partial charge in [-0.15, -0.1) is 10.2 Å². The molecule has 2 aromatic rings. The molecule has 8 nitrogen and oxygen atoms in total. The van der Waals surface area contributed by atoms with Crippen LogP contribution in [-0.4, -0.2) is 63.5 Å². The normalized spacial score (nSPS) is 18.2. The van der Waals surface area contributed by atoms with Crippen molar-refractivity contribution in [3.8, 4) is 0 Å². The molecule has 0 aliphatic carbocycles. The van der Waals surface area contributed by atoms with E-state index in [1.165, 1.54) is 12.8 Å². The first kappa shape index (κ1) is 19.1. The Kier molecular flexibility index (Phi) is 6.04. The molecule has 2 aliphatic rings. The Hall–Kier alpha value is -2.22. The number of aromatic nitrogens is 5. The predicted molar refractivity (Wildman–Crippen MR) is 111 cm³/mol. The van der Waals surface area contributed by atoms with Crippen LogP contribution in [0.1, 0.15) is 44.1 Å².